The first kappa shape index (κ1) is 12.7. The van der Waals surface area contributed by atoms with Crippen molar-refractivity contribution in [3.63, 3.8) is 0 Å². The monoisotopic (exact) mass is 275 g/mol. The van der Waals surface area contributed by atoms with Gasteiger partial charge in [0.25, 0.3) is 0 Å². The number of H-pyrrole nitrogens is 1. The Labute approximate surface area is 118 Å². The van der Waals surface area contributed by atoms with Gasteiger partial charge in [0, 0.05) is 23.5 Å². The average Bonchev–Trinajstić information content (AvgIpc) is 2.93. The van der Waals surface area contributed by atoms with Gasteiger partial charge < -0.3 is 10.3 Å². The summed E-state index contributed by atoms with van der Waals surface area (Å²) >= 11 is 5.86. The molecule has 0 saturated heterocycles. The second-order valence-electron chi connectivity index (χ2n) is 5.29. The molecule has 0 radical (unpaired) electrons. The van der Waals surface area contributed by atoms with Crippen LogP contribution in [0.25, 0.3) is 0 Å². The van der Waals surface area contributed by atoms with Gasteiger partial charge in [0.1, 0.15) is 0 Å². The zero-order chi connectivity index (χ0) is 13.1. The van der Waals surface area contributed by atoms with Crippen LogP contribution in [0.4, 0.5) is 0 Å². The van der Waals surface area contributed by atoms with Gasteiger partial charge in [0.2, 0.25) is 0 Å². The molecule has 1 aromatic heterocycles. The Balaban J connectivity index is 1.37. The summed E-state index contributed by atoms with van der Waals surface area (Å²) in [5, 5.41) is 4.32. The molecule has 1 heterocycles. The molecule has 1 aliphatic carbocycles. The molecule has 2 N–H and O–H groups in total. The van der Waals surface area contributed by atoms with E-state index in [9.17, 15) is 0 Å². The van der Waals surface area contributed by atoms with Crippen LogP contribution in [0.3, 0.4) is 0 Å². The maximum atomic E-state index is 5.86. The molecule has 0 aliphatic heterocycles. The highest BCUT2D eigenvalue weighted by Crippen LogP contribution is 2.40. The Hall–Kier alpha value is -1.32. The van der Waals surface area contributed by atoms with E-state index in [1.807, 2.05) is 18.3 Å². The van der Waals surface area contributed by atoms with Crippen molar-refractivity contribution in [2.75, 3.05) is 6.54 Å². The number of hydrogen-bond donors (Lipinski definition) is 2. The SMILES string of the molecule is Clc1ccc(CNC[C@@H]2C[C@H]2Cc2cnc[nH]2)cc1. The van der Waals surface area contributed by atoms with Crippen LogP contribution in [-0.4, -0.2) is 16.5 Å². The van der Waals surface area contributed by atoms with Crippen molar-refractivity contribution in [3.05, 3.63) is 53.1 Å². The number of aromatic amines is 1. The number of imidazole rings is 1. The summed E-state index contributed by atoms with van der Waals surface area (Å²) in [6.07, 6.45) is 6.14. The molecule has 3 nitrogen and oxygen atoms in total. The third kappa shape index (κ3) is 3.58. The molecular weight excluding hydrogens is 258 g/mol. The fraction of sp³-hybridized carbons (Fsp3) is 0.400. The van der Waals surface area contributed by atoms with Crippen LogP contribution in [-0.2, 0) is 13.0 Å². The molecule has 0 amide bonds. The van der Waals surface area contributed by atoms with E-state index in [2.05, 4.69) is 27.4 Å². The van der Waals surface area contributed by atoms with Crippen LogP contribution >= 0.6 is 11.6 Å². The minimum atomic E-state index is 0.797. The molecule has 19 heavy (non-hydrogen) atoms. The highest BCUT2D eigenvalue weighted by molar-refractivity contribution is 6.30. The first-order valence-corrected chi connectivity index (χ1v) is 7.11. The topological polar surface area (TPSA) is 40.7 Å². The number of rotatable bonds is 6. The lowest BCUT2D eigenvalue weighted by Crippen LogP contribution is -2.17. The summed E-state index contributed by atoms with van der Waals surface area (Å²) in [4.78, 5) is 7.23. The average molecular weight is 276 g/mol. The van der Waals surface area contributed by atoms with Gasteiger partial charge in [0.05, 0.1) is 6.33 Å². The lowest BCUT2D eigenvalue weighted by molar-refractivity contribution is 0.594. The molecule has 1 aliphatic rings. The van der Waals surface area contributed by atoms with Gasteiger partial charge in [-0.05, 0) is 48.9 Å². The molecule has 100 valence electrons. The van der Waals surface area contributed by atoms with Crippen molar-refractivity contribution < 1.29 is 0 Å². The van der Waals surface area contributed by atoms with Crippen LogP contribution in [0, 0.1) is 11.8 Å². The maximum absolute atomic E-state index is 5.86. The smallest absolute Gasteiger partial charge is 0.0921 e. The Morgan fingerprint density at radius 3 is 2.84 bits per heavy atom. The van der Waals surface area contributed by atoms with E-state index < -0.39 is 0 Å². The Kier molecular flexibility index (Phi) is 3.85. The van der Waals surface area contributed by atoms with Crippen molar-refractivity contribution in [1.82, 2.24) is 15.3 Å². The fourth-order valence-electron chi connectivity index (χ4n) is 2.49. The van der Waals surface area contributed by atoms with Crippen LogP contribution < -0.4 is 5.32 Å². The van der Waals surface area contributed by atoms with Gasteiger partial charge in [-0.15, -0.1) is 0 Å². The van der Waals surface area contributed by atoms with Gasteiger partial charge in [-0.2, -0.15) is 0 Å². The normalized spacial score (nSPS) is 21.5. The quantitative estimate of drug-likeness (QED) is 0.851. The van der Waals surface area contributed by atoms with E-state index in [0.717, 1.165) is 36.4 Å². The molecule has 1 aromatic carbocycles. The summed E-state index contributed by atoms with van der Waals surface area (Å²) in [5.41, 5.74) is 2.54. The molecule has 2 atom stereocenters. The predicted molar refractivity (Wildman–Crippen MR) is 77.0 cm³/mol. The van der Waals surface area contributed by atoms with Crippen molar-refractivity contribution >= 4 is 11.6 Å². The lowest BCUT2D eigenvalue weighted by Gasteiger charge is -2.04. The number of aromatic nitrogens is 2. The minimum absolute atomic E-state index is 0.797. The van der Waals surface area contributed by atoms with Crippen LogP contribution in [0.15, 0.2) is 36.8 Å². The molecule has 4 heteroatoms. The second kappa shape index (κ2) is 5.76. The number of halogens is 1. The maximum Gasteiger partial charge on any atom is 0.0921 e. The molecule has 0 unspecified atom stereocenters. The van der Waals surface area contributed by atoms with Gasteiger partial charge in [-0.25, -0.2) is 4.98 Å². The third-order valence-electron chi connectivity index (χ3n) is 3.75. The van der Waals surface area contributed by atoms with E-state index in [-0.39, 0.29) is 0 Å². The Morgan fingerprint density at radius 2 is 2.11 bits per heavy atom. The number of benzene rings is 1. The van der Waals surface area contributed by atoms with Crippen molar-refractivity contribution in [2.45, 2.75) is 19.4 Å². The summed E-state index contributed by atoms with van der Waals surface area (Å²) < 4.78 is 0. The number of hydrogen-bond acceptors (Lipinski definition) is 2. The first-order valence-electron chi connectivity index (χ1n) is 6.73. The van der Waals surface area contributed by atoms with Gasteiger partial charge >= 0.3 is 0 Å². The molecular formula is C15H18ClN3. The lowest BCUT2D eigenvalue weighted by atomic mass is 10.2. The zero-order valence-electron chi connectivity index (χ0n) is 10.8. The standard InChI is InChI=1S/C15H18ClN3/c16-14-3-1-11(2-4-14)7-17-8-13-5-12(13)6-15-9-18-10-19-15/h1-4,9-10,12-13,17H,5-8H2,(H,18,19)/t12-,13-/m0/s1. The van der Waals surface area contributed by atoms with Crippen LogP contribution in [0.5, 0.6) is 0 Å². The summed E-state index contributed by atoms with van der Waals surface area (Å²) in [7, 11) is 0. The largest absolute Gasteiger partial charge is 0.348 e. The molecule has 2 aromatic rings. The van der Waals surface area contributed by atoms with Crippen LogP contribution in [0.1, 0.15) is 17.7 Å². The molecule has 1 fully saturated rings. The zero-order valence-corrected chi connectivity index (χ0v) is 11.5. The highest BCUT2D eigenvalue weighted by Gasteiger charge is 2.36. The van der Waals surface area contributed by atoms with Crippen molar-refractivity contribution in [1.29, 1.82) is 0 Å². The fourth-order valence-corrected chi connectivity index (χ4v) is 2.62. The number of nitrogens with one attached hydrogen (secondary N) is 2. The Morgan fingerprint density at radius 1 is 1.26 bits per heavy atom. The molecule has 0 spiro atoms. The molecule has 1 saturated carbocycles. The van der Waals surface area contributed by atoms with E-state index in [1.165, 1.54) is 17.7 Å². The summed E-state index contributed by atoms with van der Waals surface area (Å²) in [6.45, 7) is 2.02. The molecule has 3 rings (SSSR count). The summed E-state index contributed by atoms with van der Waals surface area (Å²) in [5.74, 6) is 1.63. The van der Waals surface area contributed by atoms with Crippen LogP contribution in [0.2, 0.25) is 5.02 Å². The first-order chi connectivity index (χ1) is 9.31. The second-order valence-corrected chi connectivity index (χ2v) is 5.73. The van der Waals surface area contributed by atoms with E-state index in [0.29, 0.717) is 0 Å². The van der Waals surface area contributed by atoms with Gasteiger partial charge in [-0.3, -0.25) is 0 Å². The minimum Gasteiger partial charge on any atom is -0.348 e. The highest BCUT2D eigenvalue weighted by atomic mass is 35.5. The summed E-state index contributed by atoms with van der Waals surface area (Å²) in [6, 6.07) is 8.03. The van der Waals surface area contributed by atoms with E-state index >= 15 is 0 Å². The van der Waals surface area contributed by atoms with Crippen molar-refractivity contribution in [3.8, 4) is 0 Å². The molecule has 0 bridgehead atoms. The Bertz CT molecular complexity index is 507. The van der Waals surface area contributed by atoms with Gasteiger partial charge in [-0.1, -0.05) is 23.7 Å². The van der Waals surface area contributed by atoms with Crippen molar-refractivity contribution in [2.24, 2.45) is 11.8 Å². The predicted octanol–water partition coefficient (Wildman–Crippen LogP) is 3.03. The van der Waals surface area contributed by atoms with Gasteiger partial charge in [0.15, 0.2) is 0 Å². The third-order valence-corrected chi connectivity index (χ3v) is 4.01. The van der Waals surface area contributed by atoms with E-state index in [1.54, 1.807) is 6.33 Å². The number of nitrogens with zero attached hydrogens (tertiary/aromatic N) is 1. The van der Waals surface area contributed by atoms with E-state index in [4.69, 9.17) is 11.6 Å².